The molecule has 0 atom stereocenters. The molecule has 0 aliphatic carbocycles. The van der Waals surface area contributed by atoms with Gasteiger partial charge in [0.05, 0.1) is 35.0 Å². The van der Waals surface area contributed by atoms with Crippen LogP contribution in [0.25, 0.3) is 0 Å². The molecule has 10 nitrogen and oxygen atoms in total. The molecule has 0 saturated carbocycles. The molecular formula is C20H20N2O8. The molecule has 0 aromatic heterocycles. The van der Waals surface area contributed by atoms with Crippen LogP contribution in [0.15, 0.2) is 42.5 Å². The van der Waals surface area contributed by atoms with E-state index in [9.17, 15) is 24.5 Å². The molecule has 158 valence electrons. The van der Waals surface area contributed by atoms with Crippen molar-refractivity contribution in [2.75, 3.05) is 25.1 Å². The molecule has 2 aromatic carbocycles. The van der Waals surface area contributed by atoms with E-state index in [4.69, 9.17) is 14.2 Å². The smallest absolute Gasteiger partial charge is 0.340 e. The Bertz CT molecular complexity index is 958. The Morgan fingerprint density at radius 1 is 1.00 bits per heavy atom. The maximum Gasteiger partial charge on any atom is 0.340 e. The zero-order valence-electron chi connectivity index (χ0n) is 16.4. The molecule has 1 amide bonds. The summed E-state index contributed by atoms with van der Waals surface area (Å²) in [5.41, 5.74) is -0.140. The number of ether oxygens (including phenoxy) is 3. The van der Waals surface area contributed by atoms with Gasteiger partial charge in [-0.1, -0.05) is 12.1 Å². The predicted octanol–water partition coefficient (Wildman–Crippen LogP) is 2.97. The lowest BCUT2D eigenvalue weighted by molar-refractivity contribution is -0.385. The Balaban J connectivity index is 2.04. The highest BCUT2D eigenvalue weighted by atomic mass is 16.6. The second-order valence-corrected chi connectivity index (χ2v) is 5.76. The number of esters is 2. The van der Waals surface area contributed by atoms with Crippen molar-refractivity contribution >= 4 is 29.2 Å². The van der Waals surface area contributed by atoms with Crippen molar-refractivity contribution in [1.29, 1.82) is 0 Å². The van der Waals surface area contributed by atoms with Gasteiger partial charge in [0.15, 0.2) is 12.4 Å². The molecular weight excluding hydrogens is 396 g/mol. The predicted molar refractivity (Wildman–Crippen MR) is 106 cm³/mol. The lowest BCUT2D eigenvalue weighted by Crippen LogP contribution is -2.22. The Morgan fingerprint density at radius 2 is 1.73 bits per heavy atom. The van der Waals surface area contributed by atoms with Gasteiger partial charge >= 0.3 is 17.6 Å². The molecule has 0 saturated heterocycles. The van der Waals surface area contributed by atoms with Crippen molar-refractivity contribution in [3.05, 3.63) is 63.7 Å². The van der Waals surface area contributed by atoms with Crippen molar-refractivity contribution < 1.29 is 33.5 Å². The van der Waals surface area contributed by atoms with Crippen molar-refractivity contribution in [2.24, 2.45) is 0 Å². The number of nitro groups is 1. The Morgan fingerprint density at radius 3 is 2.40 bits per heavy atom. The summed E-state index contributed by atoms with van der Waals surface area (Å²) in [7, 11) is 0. The van der Waals surface area contributed by atoms with Gasteiger partial charge in [0.25, 0.3) is 5.91 Å². The molecule has 0 bridgehead atoms. The van der Waals surface area contributed by atoms with Crippen LogP contribution in [0.2, 0.25) is 0 Å². The second-order valence-electron chi connectivity index (χ2n) is 5.76. The number of carbonyl (C=O) groups is 3. The van der Waals surface area contributed by atoms with Gasteiger partial charge in [0.1, 0.15) is 0 Å². The molecule has 0 radical (unpaired) electrons. The molecule has 0 heterocycles. The highest BCUT2D eigenvalue weighted by Crippen LogP contribution is 2.28. The van der Waals surface area contributed by atoms with E-state index in [1.165, 1.54) is 24.3 Å². The summed E-state index contributed by atoms with van der Waals surface area (Å²) >= 11 is 0. The highest BCUT2D eigenvalue weighted by Gasteiger charge is 2.20. The van der Waals surface area contributed by atoms with Gasteiger partial charge < -0.3 is 19.5 Å². The number of nitrogens with one attached hydrogen (secondary N) is 1. The average molecular weight is 416 g/mol. The summed E-state index contributed by atoms with van der Waals surface area (Å²) in [6.07, 6.45) is 0. The third-order valence-electron chi connectivity index (χ3n) is 3.72. The first-order chi connectivity index (χ1) is 14.4. The first-order valence-corrected chi connectivity index (χ1v) is 9.01. The summed E-state index contributed by atoms with van der Waals surface area (Å²) in [4.78, 5) is 46.7. The third-order valence-corrected chi connectivity index (χ3v) is 3.72. The topological polar surface area (TPSA) is 134 Å². The maximum atomic E-state index is 12.2. The van der Waals surface area contributed by atoms with E-state index in [1.807, 2.05) is 0 Å². The van der Waals surface area contributed by atoms with Crippen molar-refractivity contribution in [1.82, 2.24) is 0 Å². The SMILES string of the molecule is CCOC(=O)c1ccccc1NC(=O)COC(=O)c1ccc(OCC)c([N+](=O)[O-])c1. The molecule has 30 heavy (non-hydrogen) atoms. The molecule has 0 unspecified atom stereocenters. The number of para-hydroxylation sites is 1. The van der Waals surface area contributed by atoms with Crippen molar-refractivity contribution in [3.63, 3.8) is 0 Å². The van der Waals surface area contributed by atoms with Gasteiger partial charge in [-0.05, 0) is 38.1 Å². The first-order valence-electron chi connectivity index (χ1n) is 9.01. The summed E-state index contributed by atoms with van der Waals surface area (Å²) in [5, 5.41) is 13.6. The minimum atomic E-state index is -0.921. The minimum absolute atomic E-state index is 0.0207. The molecule has 0 fully saturated rings. The number of nitro benzene ring substituents is 1. The number of carbonyl (C=O) groups excluding carboxylic acids is 3. The lowest BCUT2D eigenvalue weighted by atomic mass is 10.2. The van der Waals surface area contributed by atoms with Crippen LogP contribution in [0.3, 0.4) is 0 Å². The summed E-state index contributed by atoms with van der Waals surface area (Å²) in [6, 6.07) is 9.81. The third kappa shape index (κ3) is 5.77. The van der Waals surface area contributed by atoms with Crippen LogP contribution in [0.1, 0.15) is 34.6 Å². The second kappa shape index (κ2) is 10.6. The molecule has 2 aromatic rings. The number of rotatable bonds is 9. The standard InChI is InChI=1S/C20H20N2O8/c1-3-28-17-10-9-13(11-16(17)22(26)27)19(24)30-12-18(23)21-15-8-6-5-7-14(15)20(25)29-4-2/h5-11H,3-4,12H2,1-2H3,(H,21,23). The number of nitrogens with zero attached hydrogens (tertiary/aromatic N) is 1. The van der Waals surface area contributed by atoms with Gasteiger partial charge in [0, 0.05) is 6.07 Å². The zero-order valence-corrected chi connectivity index (χ0v) is 16.4. The summed E-state index contributed by atoms with van der Waals surface area (Å²) in [6.45, 7) is 3.07. The van der Waals surface area contributed by atoms with Gasteiger partial charge in [-0.2, -0.15) is 0 Å². The summed E-state index contributed by atoms with van der Waals surface area (Å²) in [5.74, 6) is -2.20. The Kier molecular flexibility index (Phi) is 7.86. The largest absolute Gasteiger partial charge is 0.487 e. The number of hydrogen-bond acceptors (Lipinski definition) is 8. The van der Waals surface area contributed by atoms with Gasteiger partial charge in [0.2, 0.25) is 0 Å². The molecule has 0 aliphatic rings. The molecule has 1 N–H and O–H groups in total. The number of benzene rings is 2. The Hall–Kier alpha value is -3.95. The van der Waals surface area contributed by atoms with E-state index in [2.05, 4.69) is 5.32 Å². The Labute approximate surface area is 171 Å². The van der Waals surface area contributed by atoms with Gasteiger partial charge in [-0.25, -0.2) is 9.59 Å². The quantitative estimate of drug-likeness (QED) is 0.375. The fourth-order valence-corrected chi connectivity index (χ4v) is 2.44. The van der Waals surface area contributed by atoms with Crippen LogP contribution in [0.5, 0.6) is 5.75 Å². The zero-order chi connectivity index (χ0) is 22.1. The van der Waals surface area contributed by atoms with E-state index in [1.54, 1.807) is 26.0 Å². The lowest BCUT2D eigenvalue weighted by Gasteiger charge is -2.11. The van der Waals surface area contributed by atoms with E-state index in [-0.39, 0.29) is 41.5 Å². The van der Waals surface area contributed by atoms with Crippen molar-refractivity contribution in [3.8, 4) is 5.75 Å². The van der Waals surface area contributed by atoms with Gasteiger partial charge in [-0.15, -0.1) is 0 Å². The fraction of sp³-hybridized carbons (Fsp3) is 0.250. The van der Waals surface area contributed by atoms with Crippen LogP contribution in [0.4, 0.5) is 11.4 Å². The average Bonchev–Trinajstić information content (AvgIpc) is 2.73. The van der Waals surface area contributed by atoms with Crippen LogP contribution >= 0.6 is 0 Å². The number of hydrogen-bond donors (Lipinski definition) is 1. The van der Waals surface area contributed by atoms with Crippen LogP contribution < -0.4 is 10.1 Å². The van der Waals surface area contributed by atoms with E-state index < -0.39 is 29.4 Å². The van der Waals surface area contributed by atoms with Crippen molar-refractivity contribution in [2.45, 2.75) is 13.8 Å². The van der Waals surface area contributed by atoms with Crippen LogP contribution in [0, 0.1) is 10.1 Å². The summed E-state index contributed by atoms with van der Waals surface area (Å²) < 4.78 is 15.0. The first kappa shape index (κ1) is 22.3. The normalized spacial score (nSPS) is 10.1. The highest BCUT2D eigenvalue weighted by molar-refractivity contribution is 6.02. The van der Waals surface area contributed by atoms with Crippen LogP contribution in [-0.2, 0) is 14.3 Å². The van der Waals surface area contributed by atoms with E-state index in [0.717, 1.165) is 6.07 Å². The molecule has 2 rings (SSSR count). The fourth-order valence-electron chi connectivity index (χ4n) is 2.44. The van der Waals surface area contributed by atoms with Crippen LogP contribution in [-0.4, -0.2) is 42.6 Å². The molecule has 0 aliphatic heterocycles. The molecule has 0 spiro atoms. The minimum Gasteiger partial charge on any atom is -0.487 e. The van der Waals surface area contributed by atoms with Gasteiger partial charge in [-0.3, -0.25) is 14.9 Å². The number of anilines is 1. The monoisotopic (exact) mass is 416 g/mol. The molecule has 10 heteroatoms. The maximum absolute atomic E-state index is 12.2. The van der Waals surface area contributed by atoms with E-state index >= 15 is 0 Å². The number of amides is 1. The van der Waals surface area contributed by atoms with E-state index in [0.29, 0.717) is 0 Å².